The number of benzene rings is 2. The van der Waals surface area contributed by atoms with Crippen molar-refractivity contribution in [2.75, 3.05) is 40.6 Å². The number of nitrogens with zero attached hydrogens (tertiary/aromatic N) is 2. The predicted octanol–water partition coefficient (Wildman–Crippen LogP) is 6.50. The molecule has 0 saturated heterocycles. The van der Waals surface area contributed by atoms with Crippen LogP contribution in [0, 0.1) is 0 Å². The SMILES string of the molecule is COCCOC(=O)CC(C)(C)c1cccc(C(C)(C)N=C=NC(C)(C)c2cccc(C(C)(C)NC(=O)OCCOC)c2)c1. The topological polar surface area (TPSA) is 108 Å². The standard InChI is InChI=1S/C34H49N3O6/c1-31(2,23-29(38)42-19-17-40-9)25-13-11-14-26(21-25)32(3,4)35-24-36-33(5,6)27-15-12-16-28(22-27)34(7,8)37-30(39)43-20-18-41-10/h11-16,21-22H,17-20,23H2,1-10H3,(H,37,39). The third kappa shape index (κ3) is 10.9. The Hall–Kier alpha value is -3.52. The first-order valence-electron chi connectivity index (χ1n) is 14.5. The summed E-state index contributed by atoms with van der Waals surface area (Å²) in [6, 6.07) is 19.0. The van der Waals surface area contributed by atoms with E-state index in [-0.39, 0.29) is 25.6 Å². The Morgan fingerprint density at radius 1 is 0.698 bits per heavy atom. The summed E-state index contributed by atoms with van der Waals surface area (Å²) in [5.74, 6) is -0.260. The number of methoxy groups -OCH3 is 2. The fourth-order valence-electron chi connectivity index (χ4n) is 4.35. The summed E-state index contributed by atoms with van der Waals surface area (Å²) >= 11 is 0. The Bertz CT molecular complexity index is 1200. The van der Waals surface area contributed by atoms with E-state index >= 15 is 0 Å². The maximum absolute atomic E-state index is 12.4. The minimum Gasteiger partial charge on any atom is -0.463 e. The van der Waals surface area contributed by atoms with E-state index < -0.39 is 28.1 Å². The lowest BCUT2D eigenvalue weighted by Gasteiger charge is -2.28. The zero-order valence-electron chi connectivity index (χ0n) is 27.5. The molecule has 0 aliphatic rings. The van der Waals surface area contributed by atoms with Gasteiger partial charge in [0.1, 0.15) is 13.2 Å². The second-order valence-electron chi connectivity index (χ2n) is 12.8. The molecule has 2 aromatic carbocycles. The average Bonchev–Trinajstić information content (AvgIpc) is 2.93. The van der Waals surface area contributed by atoms with Crippen LogP contribution in [0.2, 0.25) is 0 Å². The summed E-state index contributed by atoms with van der Waals surface area (Å²) in [5, 5.41) is 2.92. The first-order chi connectivity index (χ1) is 20.0. The number of carbonyl (C=O) groups excluding carboxylic acids is 2. The van der Waals surface area contributed by atoms with Gasteiger partial charge in [-0.1, -0.05) is 62.4 Å². The summed E-state index contributed by atoms with van der Waals surface area (Å²) in [5.41, 5.74) is 1.54. The van der Waals surface area contributed by atoms with Gasteiger partial charge in [0.05, 0.1) is 42.3 Å². The smallest absolute Gasteiger partial charge is 0.407 e. The lowest BCUT2D eigenvalue weighted by Crippen LogP contribution is -2.41. The summed E-state index contributed by atoms with van der Waals surface area (Å²) < 4.78 is 20.4. The normalized spacial score (nSPS) is 12.2. The number of hydrogen-bond acceptors (Lipinski definition) is 8. The maximum Gasteiger partial charge on any atom is 0.407 e. The van der Waals surface area contributed by atoms with Crippen molar-refractivity contribution in [1.29, 1.82) is 0 Å². The molecule has 1 N–H and O–H groups in total. The third-order valence-corrected chi connectivity index (χ3v) is 7.37. The summed E-state index contributed by atoms with van der Waals surface area (Å²) in [7, 11) is 3.13. The molecule has 2 rings (SSSR count). The molecule has 2 aromatic rings. The van der Waals surface area contributed by atoms with Crippen molar-refractivity contribution >= 4 is 18.1 Å². The second kappa shape index (κ2) is 15.3. The van der Waals surface area contributed by atoms with Crippen molar-refractivity contribution in [3.8, 4) is 0 Å². The number of ether oxygens (including phenoxy) is 4. The zero-order chi connectivity index (χ0) is 32.3. The number of carbonyl (C=O) groups is 2. The van der Waals surface area contributed by atoms with Crippen LogP contribution in [-0.4, -0.2) is 58.7 Å². The van der Waals surface area contributed by atoms with E-state index in [4.69, 9.17) is 28.9 Å². The van der Waals surface area contributed by atoms with E-state index in [1.54, 1.807) is 14.2 Å². The molecule has 0 saturated carbocycles. The number of nitrogens with one attached hydrogen (secondary N) is 1. The molecular weight excluding hydrogens is 546 g/mol. The molecular formula is C34H49N3O6. The van der Waals surface area contributed by atoms with E-state index in [1.165, 1.54) is 0 Å². The van der Waals surface area contributed by atoms with Crippen molar-refractivity contribution in [2.45, 2.75) is 83.8 Å². The monoisotopic (exact) mass is 595 g/mol. The third-order valence-electron chi connectivity index (χ3n) is 7.37. The van der Waals surface area contributed by atoms with Gasteiger partial charge in [0.2, 0.25) is 0 Å². The Labute approximate surface area is 257 Å². The highest BCUT2D eigenvalue weighted by atomic mass is 16.6. The molecule has 0 heterocycles. The van der Waals surface area contributed by atoms with Crippen LogP contribution in [0.4, 0.5) is 4.79 Å². The van der Waals surface area contributed by atoms with Crippen LogP contribution in [0.25, 0.3) is 0 Å². The molecule has 0 unspecified atom stereocenters. The lowest BCUT2D eigenvalue weighted by atomic mass is 9.79. The molecule has 0 aromatic heterocycles. The van der Waals surface area contributed by atoms with Gasteiger partial charge in [-0.25, -0.2) is 14.8 Å². The molecule has 236 valence electrons. The quantitative estimate of drug-likeness (QED) is 0.143. The van der Waals surface area contributed by atoms with E-state index in [2.05, 4.69) is 17.4 Å². The zero-order valence-corrected chi connectivity index (χ0v) is 27.5. The van der Waals surface area contributed by atoms with Gasteiger partial charge in [-0.15, -0.1) is 0 Å². The first kappa shape index (κ1) is 35.7. The fourth-order valence-corrected chi connectivity index (χ4v) is 4.35. The number of aliphatic imine (C=N–C) groups is 2. The van der Waals surface area contributed by atoms with E-state index in [0.29, 0.717) is 13.2 Å². The van der Waals surface area contributed by atoms with Crippen molar-refractivity contribution in [3.05, 3.63) is 70.8 Å². The summed E-state index contributed by atoms with van der Waals surface area (Å²) in [6.45, 7) is 17.0. The molecule has 0 aliphatic heterocycles. The van der Waals surface area contributed by atoms with Crippen molar-refractivity contribution in [2.24, 2.45) is 9.98 Å². The molecule has 0 radical (unpaired) electrons. The largest absolute Gasteiger partial charge is 0.463 e. The summed E-state index contributed by atoms with van der Waals surface area (Å²) in [4.78, 5) is 34.0. The van der Waals surface area contributed by atoms with Gasteiger partial charge in [-0.2, -0.15) is 0 Å². The minimum absolute atomic E-state index is 0.182. The average molecular weight is 596 g/mol. The number of esters is 1. The Kier molecular flexibility index (Phi) is 12.7. The van der Waals surface area contributed by atoms with Gasteiger partial charge in [-0.05, 0) is 63.8 Å². The number of rotatable bonds is 15. The van der Waals surface area contributed by atoms with Gasteiger partial charge in [-0.3, -0.25) is 4.79 Å². The van der Waals surface area contributed by atoms with E-state index in [1.807, 2.05) is 97.9 Å². The van der Waals surface area contributed by atoms with Crippen LogP contribution in [0.5, 0.6) is 0 Å². The Morgan fingerprint density at radius 3 is 1.70 bits per heavy atom. The van der Waals surface area contributed by atoms with Gasteiger partial charge < -0.3 is 24.3 Å². The second-order valence-corrected chi connectivity index (χ2v) is 12.8. The molecule has 9 heteroatoms. The van der Waals surface area contributed by atoms with Crippen LogP contribution in [0.1, 0.15) is 84.1 Å². The fraction of sp³-hybridized carbons (Fsp3) is 0.559. The van der Waals surface area contributed by atoms with Crippen LogP contribution in [0.15, 0.2) is 58.5 Å². The minimum atomic E-state index is -0.671. The Balaban J connectivity index is 2.22. The molecule has 9 nitrogen and oxygen atoms in total. The van der Waals surface area contributed by atoms with Crippen molar-refractivity contribution < 1.29 is 28.5 Å². The Morgan fingerprint density at radius 2 is 1.16 bits per heavy atom. The molecule has 43 heavy (non-hydrogen) atoms. The molecule has 0 aliphatic carbocycles. The van der Waals surface area contributed by atoms with E-state index in [9.17, 15) is 9.59 Å². The maximum atomic E-state index is 12.4. The van der Waals surface area contributed by atoms with Crippen LogP contribution in [0.3, 0.4) is 0 Å². The van der Waals surface area contributed by atoms with Crippen LogP contribution >= 0.6 is 0 Å². The molecule has 0 atom stereocenters. The van der Waals surface area contributed by atoms with Gasteiger partial charge in [0, 0.05) is 19.6 Å². The van der Waals surface area contributed by atoms with Crippen molar-refractivity contribution in [3.63, 3.8) is 0 Å². The summed E-state index contributed by atoms with van der Waals surface area (Å²) in [6.07, 6.45) is -0.256. The highest BCUT2D eigenvalue weighted by molar-refractivity contribution is 5.71. The van der Waals surface area contributed by atoms with Crippen LogP contribution in [-0.2, 0) is 45.8 Å². The van der Waals surface area contributed by atoms with E-state index in [0.717, 1.165) is 22.3 Å². The molecule has 1 amide bonds. The highest BCUT2D eigenvalue weighted by Gasteiger charge is 2.29. The highest BCUT2D eigenvalue weighted by Crippen LogP contribution is 2.33. The number of hydrogen-bond donors (Lipinski definition) is 1. The molecule has 0 bridgehead atoms. The number of alkyl carbamates (subject to hydrolysis) is 1. The van der Waals surface area contributed by atoms with Gasteiger partial charge in [0.25, 0.3) is 0 Å². The van der Waals surface area contributed by atoms with Gasteiger partial charge >= 0.3 is 12.1 Å². The van der Waals surface area contributed by atoms with Gasteiger partial charge in [0.15, 0.2) is 0 Å². The molecule has 0 fully saturated rings. The molecule has 0 spiro atoms. The first-order valence-corrected chi connectivity index (χ1v) is 14.5. The predicted molar refractivity (Wildman–Crippen MR) is 169 cm³/mol. The van der Waals surface area contributed by atoms with Crippen molar-refractivity contribution in [1.82, 2.24) is 5.32 Å². The van der Waals surface area contributed by atoms with Crippen LogP contribution < -0.4 is 5.32 Å². The number of amides is 1. The lowest BCUT2D eigenvalue weighted by molar-refractivity contribution is -0.146.